The summed E-state index contributed by atoms with van der Waals surface area (Å²) in [4.78, 5) is 45.4. The van der Waals surface area contributed by atoms with Crippen molar-refractivity contribution in [3.8, 4) is 0 Å². The quantitative estimate of drug-likeness (QED) is 0.680. The predicted molar refractivity (Wildman–Crippen MR) is 100 cm³/mol. The lowest BCUT2D eigenvalue weighted by Gasteiger charge is -2.19. The molecule has 0 spiro atoms. The molecule has 0 aliphatic heterocycles. The van der Waals surface area contributed by atoms with E-state index in [9.17, 15) is 14.4 Å². The maximum Gasteiger partial charge on any atom is 0.295 e. The van der Waals surface area contributed by atoms with E-state index in [-0.39, 0.29) is 18.0 Å². The molecule has 1 aromatic carbocycles. The average Bonchev–Trinajstić information content (AvgIpc) is 3.15. The van der Waals surface area contributed by atoms with Gasteiger partial charge in [0.25, 0.3) is 11.5 Å². The second-order valence-electron chi connectivity index (χ2n) is 5.88. The molecule has 0 saturated carbocycles. The van der Waals surface area contributed by atoms with Gasteiger partial charge >= 0.3 is 0 Å². The molecule has 0 unspecified atom stereocenters. The van der Waals surface area contributed by atoms with Gasteiger partial charge in [0.05, 0.1) is 18.0 Å². The predicted octanol–water partition coefficient (Wildman–Crippen LogP) is 1.24. The Kier molecular flexibility index (Phi) is 5.30. The number of aromatic amines is 1. The molecule has 27 heavy (non-hydrogen) atoms. The molecule has 0 radical (unpaired) electrons. The van der Waals surface area contributed by atoms with E-state index in [2.05, 4.69) is 20.4 Å². The zero-order valence-electron chi connectivity index (χ0n) is 15.1. The maximum absolute atomic E-state index is 12.4. The minimum atomic E-state index is -0.450. The number of nitrogens with one attached hydrogen (secondary N) is 2. The molecule has 9 heteroatoms. The molecular formula is C18H20N6O3. The van der Waals surface area contributed by atoms with Crippen molar-refractivity contribution < 1.29 is 9.59 Å². The Morgan fingerprint density at radius 3 is 2.78 bits per heavy atom. The van der Waals surface area contributed by atoms with Crippen molar-refractivity contribution in [2.24, 2.45) is 0 Å². The number of carbonyl (C=O) groups is 2. The first-order valence-electron chi connectivity index (χ1n) is 8.61. The summed E-state index contributed by atoms with van der Waals surface area (Å²) in [6.07, 6.45) is 2.84. The van der Waals surface area contributed by atoms with Gasteiger partial charge in [-0.15, -0.1) is 0 Å². The van der Waals surface area contributed by atoms with Gasteiger partial charge in [-0.25, -0.2) is 9.67 Å². The van der Waals surface area contributed by atoms with Crippen molar-refractivity contribution >= 4 is 28.5 Å². The molecule has 3 rings (SSSR count). The highest BCUT2D eigenvalue weighted by molar-refractivity contribution is 5.97. The molecule has 9 nitrogen and oxygen atoms in total. The zero-order chi connectivity index (χ0) is 19.4. The smallest absolute Gasteiger partial charge is 0.295 e. The van der Waals surface area contributed by atoms with Crippen molar-refractivity contribution in [3.63, 3.8) is 0 Å². The van der Waals surface area contributed by atoms with Crippen LogP contribution in [0.3, 0.4) is 0 Å². The van der Waals surface area contributed by atoms with Crippen molar-refractivity contribution in [1.29, 1.82) is 0 Å². The molecule has 3 aromatic rings. The minimum Gasteiger partial charge on any atom is -0.343 e. The van der Waals surface area contributed by atoms with Crippen LogP contribution in [0.1, 0.15) is 24.2 Å². The van der Waals surface area contributed by atoms with Crippen LogP contribution in [0.15, 0.2) is 41.6 Å². The van der Waals surface area contributed by atoms with Crippen LogP contribution in [0, 0.1) is 0 Å². The molecule has 2 heterocycles. The first-order valence-corrected chi connectivity index (χ1v) is 8.61. The number of amides is 2. The van der Waals surface area contributed by atoms with E-state index in [1.807, 2.05) is 13.8 Å². The molecule has 0 atom stereocenters. The van der Waals surface area contributed by atoms with Gasteiger partial charge in [-0.05, 0) is 32.0 Å². The summed E-state index contributed by atoms with van der Waals surface area (Å²) in [6, 6.07) is 6.70. The van der Waals surface area contributed by atoms with Gasteiger partial charge in [0.1, 0.15) is 6.54 Å². The number of nitrogens with zero attached hydrogens (tertiary/aromatic N) is 4. The summed E-state index contributed by atoms with van der Waals surface area (Å²) in [7, 11) is 0. The van der Waals surface area contributed by atoms with Crippen LogP contribution in [0.25, 0.3) is 11.0 Å². The van der Waals surface area contributed by atoms with Crippen LogP contribution in [0.5, 0.6) is 0 Å². The van der Waals surface area contributed by atoms with Crippen molar-refractivity contribution in [2.45, 2.75) is 20.4 Å². The molecule has 0 saturated heterocycles. The summed E-state index contributed by atoms with van der Waals surface area (Å²) in [5.41, 5.74) is 1.26. The number of H-pyrrole nitrogens is 1. The van der Waals surface area contributed by atoms with Crippen LogP contribution >= 0.6 is 0 Å². The van der Waals surface area contributed by atoms with E-state index >= 15 is 0 Å². The fraction of sp³-hybridized carbons (Fsp3) is 0.278. The topological polar surface area (TPSA) is 113 Å². The number of hydrogen-bond donors (Lipinski definition) is 2. The third-order valence-electron chi connectivity index (χ3n) is 4.17. The molecule has 2 N–H and O–H groups in total. The third kappa shape index (κ3) is 3.86. The van der Waals surface area contributed by atoms with Gasteiger partial charge in [0, 0.05) is 24.3 Å². The summed E-state index contributed by atoms with van der Waals surface area (Å²) in [5.74, 6) is -0.523. The number of fused-ring (bicyclic) bond motifs is 1. The Labute approximate surface area is 155 Å². The summed E-state index contributed by atoms with van der Waals surface area (Å²) >= 11 is 0. The van der Waals surface area contributed by atoms with E-state index < -0.39 is 11.5 Å². The normalized spacial score (nSPS) is 10.7. The van der Waals surface area contributed by atoms with E-state index in [4.69, 9.17) is 0 Å². The lowest BCUT2D eigenvalue weighted by atomic mass is 10.1. The van der Waals surface area contributed by atoms with E-state index in [1.165, 1.54) is 12.5 Å². The van der Waals surface area contributed by atoms with Gasteiger partial charge in [-0.3, -0.25) is 14.4 Å². The van der Waals surface area contributed by atoms with Gasteiger partial charge in [-0.1, -0.05) is 6.07 Å². The van der Waals surface area contributed by atoms with E-state index in [0.717, 1.165) is 4.68 Å². The molecule has 0 aliphatic rings. The van der Waals surface area contributed by atoms with Crippen LogP contribution in [0.2, 0.25) is 0 Å². The Hall–Kier alpha value is -3.49. The average molecular weight is 368 g/mol. The molecule has 0 fully saturated rings. The maximum atomic E-state index is 12.4. The van der Waals surface area contributed by atoms with Crippen molar-refractivity contribution in [2.75, 3.05) is 18.4 Å². The number of anilines is 1. The van der Waals surface area contributed by atoms with Crippen LogP contribution in [0.4, 0.5) is 5.69 Å². The second-order valence-corrected chi connectivity index (χ2v) is 5.88. The highest BCUT2D eigenvalue weighted by Crippen LogP contribution is 2.13. The van der Waals surface area contributed by atoms with Crippen LogP contribution in [-0.2, 0) is 11.3 Å². The lowest BCUT2D eigenvalue weighted by Crippen LogP contribution is -2.31. The molecule has 2 aromatic heterocycles. The summed E-state index contributed by atoms with van der Waals surface area (Å²) < 4.78 is 1.05. The third-order valence-corrected chi connectivity index (χ3v) is 4.17. The zero-order valence-corrected chi connectivity index (χ0v) is 15.1. The van der Waals surface area contributed by atoms with E-state index in [0.29, 0.717) is 29.9 Å². The first-order chi connectivity index (χ1) is 13.0. The van der Waals surface area contributed by atoms with E-state index in [1.54, 1.807) is 29.2 Å². The first kappa shape index (κ1) is 18.3. The lowest BCUT2D eigenvalue weighted by molar-refractivity contribution is -0.117. The van der Waals surface area contributed by atoms with Gasteiger partial charge in [0.15, 0.2) is 5.52 Å². The van der Waals surface area contributed by atoms with Gasteiger partial charge in [0.2, 0.25) is 5.91 Å². The van der Waals surface area contributed by atoms with Gasteiger partial charge in [-0.2, -0.15) is 5.10 Å². The largest absolute Gasteiger partial charge is 0.343 e. The number of aromatic nitrogens is 4. The minimum absolute atomic E-state index is 0.0991. The fourth-order valence-electron chi connectivity index (χ4n) is 2.75. The number of carbonyl (C=O) groups excluding carboxylic acids is 2. The Morgan fingerprint density at radius 1 is 1.26 bits per heavy atom. The van der Waals surface area contributed by atoms with Crippen LogP contribution in [-0.4, -0.2) is 49.6 Å². The van der Waals surface area contributed by atoms with Crippen LogP contribution < -0.4 is 10.9 Å². The Morgan fingerprint density at radius 2 is 2.04 bits per heavy atom. The second kappa shape index (κ2) is 7.81. The molecular weight excluding hydrogens is 348 g/mol. The molecule has 0 aliphatic carbocycles. The number of hydrogen-bond acceptors (Lipinski definition) is 5. The summed E-state index contributed by atoms with van der Waals surface area (Å²) in [6.45, 7) is 4.78. The number of imidazole rings is 1. The number of rotatable bonds is 6. The standard InChI is InChI=1S/C18H20N6O3/c1-3-23(4-2)17(26)12-6-5-7-13(8-12)22-15(25)10-24-18(27)16-14(9-21-24)19-11-20-16/h5-9,11H,3-4,10H2,1-2H3,(H,19,20)(H,22,25). The highest BCUT2D eigenvalue weighted by Gasteiger charge is 2.14. The summed E-state index contributed by atoms with van der Waals surface area (Å²) in [5, 5.41) is 6.65. The van der Waals surface area contributed by atoms with Gasteiger partial charge < -0.3 is 15.2 Å². The number of benzene rings is 1. The van der Waals surface area contributed by atoms with Crippen molar-refractivity contribution in [1.82, 2.24) is 24.6 Å². The Balaban J connectivity index is 1.74. The highest BCUT2D eigenvalue weighted by atomic mass is 16.2. The molecule has 0 bridgehead atoms. The SMILES string of the molecule is CCN(CC)C(=O)c1cccc(NC(=O)Cn2ncc3[nH]cnc3c2=O)c1. The molecule has 2 amide bonds. The monoisotopic (exact) mass is 368 g/mol. The molecule has 140 valence electrons. The van der Waals surface area contributed by atoms with Crippen molar-refractivity contribution in [3.05, 3.63) is 52.7 Å². The fourth-order valence-corrected chi connectivity index (χ4v) is 2.75. The Bertz CT molecular complexity index is 1030.